The van der Waals surface area contributed by atoms with E-state index in [0.29, 0.717) is 50.8 Å². The zero-order valence-electron chi connectivity index (χ0n) is 23.5. The van der Waals surface area contributed by atoms with Gasteiger partial charge < -0.3 is 20.1 Å². The molecule has 5 rings (SSSR count). The molecule has 1 aliphatic heterocycles. The lowest BCUT2D eigenvalue weighted by atomic mass is 9.93. The van der Waals surface area contributed by atoms with Crippen LogP contribution in [0.5, 0.6) is 0 Å². The van der Waals surface area contributed by atoms with Gasteiger partial charge in [-0.2, -0.15) is 10.1 Å². The standard InChI is InChI=1S/C28H39N7O5S/c1-2-3-13-29-28-30-19-24-26(33-35(27(24)32-28)21-6-8-22(36)9-7-21)20-4-10-23(11-5-20)41(38,39)31-14-12-25(37)34-15-17-40-18-16-34/h4-5,10-11,19,21-22,31,36H,2-3,6-9,12-18H2,1H3,(H,29,30,32). The minimum atomic E-state index is -3.79. The van der Waals surface area contributed by atoms with Crippen LogP contribution in [0.4, 0.5) is 5.95 Å². The summed E-state index contributed by atoms with van der Waals surface area (Å²) >= 11 is 0. The van der Waals surface area contributed by atoms with Gasteiger partial charge in [0.2, 0.25) is 21.9 Å². The van der Waals surface area contributed by atoms with Gasteiger partial charge in [-0.15, -0.1) is 0 Å². The number of carbonyl (C=O) groups is 1. The maximum Gasteiger partial charge on any atom is 0.240 e. The Balaban J connectivity index is 1.34. The fraction of sp³-hybridized carbons (Fsp3) is 0.571. The fourth-order valence-electron chi connectivity index (χ4n) is 5.29. The molecule has 13 heteroatoms. The number of aliphatic hydroxyl groups is 1. The lowest BCUT2D eigenvalue weighted by Crippen LogP contribution is -2.42. The zero-order chi connectivity index (χ0) is 28.8. The summed E-state index contributed by atoms with van der Waals surface area (Å²) in [6.07, 6.45) is 6.69. The molecule has 3 aromatic rings. The van der Waals surface area contributed by atoms with Crippen molar-refractivity contribution in [1.82, 2.24) is 29.4 Å². The van der Waals surface area contributed by atoms with Gasteiger partial charge >= 0.3 is 0 Å². The van der Waals surface area contributed by atoms with E-state index in [-0.39, 0.29) is 35.9 Å². The van der Waals surface area contributed by atoms with Crippen LogP contribution < -0.4 is 10.0 Å². The number of nitrogens with one attached hydrogen (secondary N) is 2. The normalized spacial score (nSPS) is 19.9. The third-order valence-corrected chi connectivity index (χ3v) is 9.18. The summed E-state index contributed by atoms with van der Waals surface area (Å²) in [4.78, 5) is 23.5. The molecule has 3 N–H and O–H groups in total. The average molecular weight is 586 g/mol. The van der Waals surface area contributed by atoms with Gasteiger partial charge in [-0.3, -0.25) is 4.79 Å². The van der Waals surface area contributed by atoms with E-state index in [9.17, 15) is 18.3 Å². The van der Waals surface area contributed by atoms with Gasteiger partial charge in [-0.1, -0.05) is 25.5 Å². The molecular weight excluding hydrogens is 546 g/mol. The van der Waals surface area contributed by atoms with E-state index >= 15 is 0 Å². The lowest BCUT2D eigenvalue weighted by Gasteiger charge is -2.26. The predicted octanol–water partition coefficient (Wildman–Crippen LogP) is 2.71. The second-order valence-corrected chi connectivity index (χ2v) is 12.4. The van der Waals surface area contributed by atoms with Gasteiger partial charge in [0.05, 0.1) is 35.6 Å². The molecule has 0 spiro atoms. The topological polar surface area (TPSA) is 152 Å². The summed E-state index contributed by atoms with van der Waals surface area (Å²) in [5.41, 5.74) is 2.15. The Labute approximate surface area is 240 Å². The average Bonchev–Trinajstić information content (AvgIpc) is 3.37. The molecule has 12 nitrogen and oxygen atoms in total. The van der Waals surface area contributed by atoms with Crippen molar-refractivity contribution in [2.45, 2.75) is 68.9 Å². The number of carbonyl (C=O) groups excluding carboxylic acids is 1. The first-order valence-corrected chi connectivity index (χ1v) is 16.0. The van der Waals surface area contributed by atoms with Crippen molar-refractivity contribution in [2.24, 2.45) is 0 Å². The van der Waals surface area contributed by atoms with Crippen molar-refractivity contribution >= 4 is 32.9 Å². The van der Waals surface area contributed by atoms with Crippen LogP contribution in [-0.4, -0.2) is 89.6 Å². The molecule has 0 unspecified atom stereocenters. The number of ether oxygens (including phenoxy) is 1. The highest BCUT2D eigenvalue weighted by molar-refractivity contribution is 7.89. The number of anilines is 1. The number of hydrogen-bond donors (Lipinski definition) is 3. The number of aliphatic hydroxyl groups excluding tert-OH is 1. The second-order valence-electron chi connectivity index (χ2n) is 10.6. The van der Waals surface area contributed by atoms with Crippen LogP contribution in [0, 0.1) is 0 Å². The zero-order valence-corrected chi connectivity index (χ0v) is 24.3. The number of hydrogen-bond acceptors (Lipinski definition) is 9. The third kappa shape index (κ3) is 7.03. The van der Waals surface area contributed by atoms with Crippen molar-refractivity contribution in [2.75, 3.05) is 44.7 Å². The van der Waals surface area contributed by atoms with Gasteiger partial charge in [0, 0.05) is 44.4 Å². The van der Waals surface area contributed by atoms with E-state index in [2.05, 4.69) is 21.9 Å². The molecule has 2 fully saturated rings. The predicted molar refractivity (Wildman–Crippen MR) is 155 cm³/mol. The van der Waals surface area contributed by atoms with Gasteiger partial charge in [0.25, 0.3) is 0 Å². The van der Waals surface area contributed by atoms with Crippen LogP contribution in [-0.2, 0) is 19.6 Å². The number of unbranched alkanes of at least 4 members (excludes halogenated alkanes) is 1. The van der Waals surface area contributed by atoms with Crippen molar-refractivity contribution in [3.8, 4) is 11.3 Å². The summed E-state index contributed by atoms with van der Waals surface area (Å²) in [6.45, 7) is 5.00. The summed E-state index contributed by atoms with van der Waals surface area (Å²) in [5.74, 6) is 0.460. The van der Waals surface area contributed by atoms with Crippen LogP contribution in [0.25, 0.3) is 22.3 Å². The summed E-state index contributed by atoms with van der Waals surface area (Å²) in [7, 11) is -3.79. The largest absolute Gasteiger partial charge is 0.393 e. The molecule has 2 aromatic heterocycles. The smallest absolute Gasteiger partial charge is 0.240 e. The fourth-order valence-corrected chi connectivity index (χ4v) is 6.33. The van der Waals surface area contributed by atoms with Gasteiger partial charge in [0.15, 0.2) is 5.65 Å². The Bertz CT molecular complexity index is 1430. The maximum atomic E-state index is 12.9. The Morgan fingerprint density at radius 1 is 1.10 bits per heavy atom. The molecule has 0 atom stereocenters. The van der Waals surface area contributed by atoms with Crippen LogP contribution >= 0.6 is 0 Å². The van der Waals surface area contributed by atoms with Crippen LogP contribution in [0.3, 0.4) is 0 Å². The first-order valence-electron chi connectivity index (χ1n) is 14.5. The van der Waals surface area contributed by atoms with E-state index in [4.69, 9.17) is 14.8 Å². The lowest BCUT2D eigenvalue weighted by molar-refractivity contribution is -0.135. The molecular formula is C28H39N7O5S. The first kappa shape index (κ1) is 29.4. The molecule has 1 saturated heterocycles. The molecule has 41 heavy (non-hydrogen) atoms. The minimum absolute atomic E-state index is 0.0252. The van der Waals surface area contributed by atoms with E-state index in [1.807, 2.05) is 4.68 Å². The highest BCUT2D eigenvalue weighted by Gasteiger charge is 2.26. The number of nitrogens with zero attached hydrogens (tertiary/aromatic N) is 5. The Hall–Kier alpha value is -3.13. The molecule has 3 heterocycles. The molecule has 2 aliphatic rings. The number of amides is 1. The second kappa shape index (κ2) is 13.2. The number of morpholine rings is 1. The molecule has 0 bridgehead atoms. The van der Waals surface area contributed by atoms with Crippen molar-refractivity contribution in [1.29, 1.82) is 0 Å². The Morgan fingerprint density at radius 3 is 2.54 bits per heavy atom. The maximum absolute atomic E-state index is 12.9. The Morgan fingerprint density at radius 2 is 1.83 bits per heavy atom. The van der Waals surface area contributed by atoms with Crippen molar-refractivity contribution in [3.05, 3.63) is 30.5 Å². The number of aromatic nitrogens is 4. The number of sulfonamides is 1. The summed E-state index contributed by atoms with van der Waals surface area (Å²) in [5, 5.41) is 19.0. The number of fused-ring (bicyclic) bond motifs is 1. The molecule has 222 valence electrons. The van der Waals surface area contributed by atoms with Gasteiger partial charge in [-0.05, 0) is 44.2 Å². The van der Waals surface area contributed by atoms with E-state index in [0.717, 1.165) is 48.8 Å². The highest BCUT2D eigenvalue weighted by atomic mass is 32.2. The summed E-state index contributed by atoms with van der Waals surface area (Å²) < 4.78 is 35.6. The van der Waals surface area contributed by atoms with Gasteiger partial charge in [0.1, 0.15) is 5.69 Å². The molecule has 1 aromatic carbocycles. The highest BCUT2D eigenvalue weighted by Crippen LogP contribution is 2.34. The van der Waals surface area contributed by atoms with Crippen molar-refractivity contribution in [3.63, 3.8) is 0 Å². The van der Waals surface area contributed by atoms with Crippen LogP contribution in [0.1, 0.15) is 57.9 Å². The quantitative estimate of drug-likeness (QED) is 0.289. The van der Waals surface area contributed by atoms with E-state index < -0.39 is 10.0 Å². The molecule has 1 amide bonds. The minimum Gasteiger partial charge on any atom is -0.393 e. The van der Waals surface area contributed by atoms with Crippen LogP contribution in [0.15, 0.2) is 35.4 Å². The summed E-state index contributed by atoms with van der Waals surface area (Å²) in [6, 6.07) is 6.67. The van der Waals surface area contributed by atoms with E-state index in [1.165, 1.54) is 0 Å². The molecule has 1 saturated carbocycles. The number of rotatable bonds is 11. The monoisotopic (exact) mass is 585 g/mol. The first-order chi connectivity index (χ1) is 19.9. The van der Waals surface area contributed by atoms with Crippen LogP contribution in [0.2, 0.25) is 0 Å². The molecule has 1 aliphatic carbocycles. The Kier molecular flexibility index (Phi) is 9.48. The third-order valence-electron chi connectivity index (χ3n) is 7.71. The molecule has 0 radical (unpaired) electrons. The number of benzene rings is 1. The van der Waals surface area contributed by atoms with Gasteiger partial charge in [-0.25, -0.2) is 22.8 Å². The van der Waals surface area contributed by atoms with Crippen molar-refractivity contribution < 1.29 is 23.1 Å². The SMILES string of the molecule is CCCCNc1ncc2c(-c3ccc(S(=O)(=O)NCCC(=O)N4CCOCC4)cc3)nn(C3CCC(O)CC3)c2n1. The van der Waals surface area contributed by atoms with E-state index in [1.54, 1.807) is 35.4 Å².